The monoisotopic (exact) mass is 269 g/mol. The van der Waals surface area contributed by atoms with E-state index >= 15 is 0 Å². The third kappa shape index (κ3) is 2.42. The van der Waals surface area contributed by atoms with Crippen LogP contribution < -0.4 is 10.5 Å². The standard InChI is InChI=1S/C16H15NOS/c1-11-4-2-5-13(8-11)18-9-12-10-19-16-14(12)6-3-7-15(16)17/h2-8,10H,9,17H2,1H3. The van der Waals surface area contributed by atoms with Crippen molar-refractivity contribution in [2.75, 3.05) is 5.73 Å². The Morgan fingerprint density at radius 3 is 2.84 bits per heavy atom. The fourth-order valence-electron chi connectivity index (χ4n) is 2.11. The van der Waals surface area contributed by atoms with Crippen molar-refractivity contribution in [1.29, 1.82) is 0 Å². The van der Waals surface area contributed by atoms with Crippen molar-refractivity contribution in [3.8, 4) is 5.75 Å². The molecule has 0 aliphatic heterocycles. The fourth-order valence-corrected chi connectivity index (χ4v) is 3.10. The van der Waals surface area contributed by atoms with Gasteiger partial charge >= 0.3 is 0 Å². The molecule has 0 aliphatic carbocycles. The number of nitrogens with two attached hydrogens (primary N) is 1. The van der Waals surface area contributed by atoms with Crippen molar-refractivity contribution in [2.24, 2.45) is 0 Å². The summed E-state index contributed by atoms with van der Waals surface area (Å²) in [6.45, 7) is 2.64. The second-order valence-corrected chi connectivity index (χ2v) is 5.47. The van der Waals surface area contributed by atoms with Gasteiger partial charge in [0.15, 0.2) is 0 Å². The summed E-state index contributed by atoms with van der Waals surface area (Å²) < 4.78 is 6.99. The normalized spacial score (nSPS) is 10.8. The SMILES string of the molecule is Cc1cccc(OCc2csc3c(N)cccc23)c1. The average molecular weight is 269 g/mol. The molecule has 0 amide bonds. The maximum Gasteiger partial charge on any atom is 0.120 e. The molecular formula is C16H15NOS. The van der Waals surface area contributed by atoms with Crippen LogP contribution in [-0.4, -0.2) is 0 Å². The van der Waals surface area contributed by atoms with Gasteiger partial charge < -0.3 is 10.5 Å². The fraction of sp³-hybridized carbons (Fsp3) is 0.125. The molecule has 3 aromatic rings. The summed E-state index contributed by atoms with van der Waals surface area (Å²) in [6.07, 6.45) is 0. The van der Waals surface area contributed by atoms with Crippen molar-refractivity contribution in [3.63, 3.8) is 0 Å². The number of rotatable bonds is 3. The van der Waals surface area contributed by atoms with E-state index in [-0.39, 0.29) is 0 Å². The minimum absolute atomic E-state index is 0.576. The van der Waals surface area contributed by atoms with Gasteiger partial charge in [-0.05, 0) is 36.1 Å². The predicted molar refractivity (Wildman–Crippen MR) is 81.7 cm³/mol. The number of hydrogen-bond donors (Lipinski definition) is 1. The summed E-state index contributed by atoms with van der Waals surface area (Å²) in [6, 6.07) is 14.1. The molecule has 2 aromatic carbocycles. The molecule has 1 heterocycles. The van der Waals surface area contributed by atoms with Gasteiger partial charge in [-0.25, -0.2) is 0 Å². The van der Waals surface area contributed by atoms with Gasteiger partial charge in [0.2, 0.25) is 0 Å². The van der Waals surface area contributed by atoms with Crippen LogP contribution in [0, 0.1) is 6.92 Å². The van der Waals surface area contributed by atoms with Gasteiger partial charge in [-0.1, -0.05) is 24.3 Å². The first-order valence-electron chi connectivity index (χ1n) is 6.18. The molecule has 0 unspecified atom stereocenters. The van der Waals surface area contributed by atoms with Crippen LogP contribution in [0.5, 0.6) is 5.75 Å². The van der Waals surface area contributed by atoms with Gasteiger partial charge in [0.25, 0.3) is 0 Å². The Balaban J connectivity index is 1.84. The van der Waals surface area contributed by atoms with E-state index in [0.29, 0.717) is 6.61 Å². The quantitative estimate of drug-likeness (QED) is 0.716. The highest BCUT2D eigenvalue weighted by molar-refractivity contribution is 7.18. The molecule has 2 N–H and O–H groups in total. The summed E-state index contributed by atoms with van der Waals surface area (Å²) in [5.41, 5.74) is 9.20. The molecule has 19 heavy (non-hydrogen) atoms. The lowest BCUT2D eigenvalue weighted by atomic mass is 10.1. The van der Waals surface area contributed by atoms with Crippen LogP contribution in [0.25, 0.3) is 10.1 Å². The van der Waals surface area contributed by atoms with Gasteiger partial charge in [-0.2, -0.15) is 0 Å². The number of fused-ring (bicyclic) bond motifs is 1. The minimum atomic E-state index is 0.576. The summed E-state index contributed by atoms with van der Waals surface area (Å²) in [4.78, 5) is 0. The second-order valence-electron chi connectivity index (χ2n) is 4.59. The highest BCUT2D eigenvalue weighted by Crippen LogP contribution is 2.31. The molecule has 0 spiro atoms. The zero-order chi connectivity index (χ0) is 13.2. The van der Waals surface area contributed by atoms with Crippen molar-refractivity contribution in [3.05, 3.63) is 59.0 Å². The van der Waals surface area contributed by atoms with E-state index in [1.165, 1.54) is 16.5 Å². The second kappa shape index (κ2) is 4.94. The Morgan fingerprint density at radius 1 is 1.16 bits per heavy atom. The van der Waals surface area contributed by atoms with E-state index in [2.05, 4.69) is 24.4 Å². The Labute approximate surface area is 116 Å². The summed E-state index contributed by atoms with van der Waals surface area (Å²) in [7, 11) is 0. The van der Waals surface area contributed by atoms with Crippen LogP contribution in [0.3, 0.4) is 0 Å². The van der Waals surface area contributed by atoms with Crippen LogP contribution >= 0.6 is 11.3 Å². The molecule has 0 bridgehead atoms. The van der Waals surface area contributed by atoms with E-state index in [9.17, 15) is 0 Å². The predicted octanol–water partition coefficient (Wildman–Crippen LogP) is 4.37. The molecule has 96 valence electrons. The molecule has 0 radical (unpaired) electrons. The average Bonchev–Trinajstić information content (AvgIpc) is 2.81. The molecule has 0 fully saturated rings. The van der Waals surface area contributed by atoms with Gasteiger partial charge in [0.05, 0.1) is 4.70 Å². The molecule has 3 heteroatoms. The zero-order valence-electron chi connectivity index (χ0n) is 10.7. The maximum absolute atomic E-state index is 5.97. The van der Waals surface area contributed by atoms with Crippen LogP contribution in [0.15, 0.2) is 47.8 Å². The Bertz CT molecular complexity index is 718. The molecule has 2 nitrogen and oxygen atoms in total. The summed E-state index contributed by atoms with van der Waals surface area (Å²) in [5.74, 6) is 0.906. The Hall–Kier alpha value is -2.00. The molecule has 3 rings (SSSR count). The number of nitrogen functional groups attached to an aromatic ring is 1. The van der Waals surface area contributed by atoms with Crippen LogP contribution in [0.2, 0.25) is 0 Å². The number of aryl methyl sites for hydroxylation is 1. The summed E-state index contributed by atoms with van der Waals surface area (Å²) >= 11 is 1.67. The zero-order valence-corrected chi connectivity index (χ0v) is 11.5. The summed E-state index contributed by atoms with van der Waals surface area (Å²) in [5, 5.41) is 3.31. The number of ether oxygens (including phenoxy) is 1. The van der Waals surface area contributed by atoms with Crippen LogP contribution in [0.1, 0.15) is 11.1 Å². The topological polar surface area (TPSA) is 35.2 Å². The highest BCUT2D eigenvalue weighted by Gasteiger charge is 2.06. The van der Waals surface area contributed by atoms with Crippen molar-refractivity contribution < 1.29 is 4.74 Å². The Kier molecular flexibility index (Phi) is 3.13. The number of hydrogen-bond acceptors (Lipinski definition) is 3. The Morgan fingerprint density at radius 2 is 2.00 bits per heavy atom. The van der Waals surface area contributed by atoms with Gasteiger partial charge in [0.1, 0.15) is 12.4 Å². The van der Waals surface area contributed by atoms with Crippen LogP contribution in [-0.2, 0) is 6.61 Å². The van der Waals surface area contributed by atoms with E-state index < -0.39 is 0 Å². The van der Waals surface area contributed by atoms with Gasteiger partial charge in [0, 0.05) is 16.6 Å². The molecular weight excluding hydrogens is 254 g/mol. The number of anilines is 1. The highest BCUT2D eigenvalue weighted by atomic mass is 32.1. The third-order valence-corrected chi connectivity index (χ3v) is 4.19. The van der Waals surface area contributed by atoms with Gasteiger partial charge in [-0.15, -0.1) is 11.3 Å². The molecule has 0 atom stereocenters. The maximum atomic E-state index is 5.97. The lowest BCUT2D eigenvalue weighted by Crippen LogP contribution is -1.94. The van der Waals surface area contributed by atoms with E-state index in [1.807, 2.05) is 30.3 Å². The van der Waals surface area contributed by atoms with Crippen molar-refractivity contribution in [1.82, 2.24) is 0 Å². The van der Waals surface area contributed by atoms with Gasteiger partial charge in [-0.3, -0.25) is 0 Å². The van der Waals surface area contributed by atoms with Crippen molar-refractivity contribution in [2.45, 2.75) is 13.5 Å². The number of thiophene rings is 1. The van der Waals surface area contributed by atoms with Crippen molar-refractivity contribution >= 4 is 27.1 Å². The first-order chi connectivity index (χ1) is 9.24. The first-order valence-corrected chi connectivity index (χ1v) is 7.06. The molecule has 0 saturated heterocycles. The minimum Gasteiger partial charge on any atom is -0.489 e. The van der Waals surface area contributed by atoms with Crippen LogP contribution in [0.4, 0.5) is 5.69 Å². The van der Waals surface area contributed by atoms with E-state index in [4.69, 9.17) is 10.5 Å². The third-order valence-electron chi connectivity index (χ3n) is 3.09. The first kappa shape index (κ1) is 12.1. The number of benzene rings is 2. The molecule has 0 saturated carbocycles. The lowest BCUT2D eigenvalue weighted by molar-refractivity contribution is 0.308. The molecule has 0 aliphatic rings. The lowest BCUT2D eigenvalue weighted by Gasteiger charge is -2.06. The smallest absolute Gasteiger partial charge is 0.120 e. The largest absolute Gasteiger partial charge is 0.489 e. The van der Waals surface area contributed by atoms with E-state index in [0.717, 1.165) is 16.1 Å². The molecule has 1 aromatic heterocycles. The van der Waals surface area contributed by atoms with E-state index in [1.54, 1.807) is 11.3 Å².